The van der Waals surface area contributed by atoms with Gasteiger partial charge in [-0.25, -0.2) is 5.10 Å². The van der Waals surface area contributed by atoms with Crippen molar-refractivity contribution in [3.05, 3.63) is 46.8 Å². The number of aromatic amines is 1. The number of anilines is 1. The summed E-state index contributed by atoms with van der Waals surface area (Å²) in [6.07, 6.45) is 0. The van der Waals surface area contributed by atoms with Gasteiger partial charge in [0.15, 0.2) is 0 Å². The molecule has 0 aliphatic carbocycles. The molecule has 0 atom stereocenters. The van der Waals surface area contributed by atoms with Crippen molar-refractivity contribution in [3.63, 3.8) is 0 Å². The van der Waals surface area contributed by atoms with Gasteiger partial charge in [-0.05, 0) is 18.2 Å². The molecule has 0 saturated heterocycles. The summed E-state index contributed by atoms with van der Waals surface area (Å²) in [5.41, 5.74) is 2.06. The van der Waals surface area contributed by atoms with Crippen LogP contribution in [-0.2, 0) is 4.79 Å². The molecule has 1 aromatic carbocycles. The number of nitrogens with one attached hydrogen (secondary N) is 2. The maximum absolute atomic E-state index is 11.2. The summed E-state index contributed by atoms with van der Waals surface area (Å²) in [4.78, 5) is 22.1. The van der Waals surface area contributed by atoms with E-state index in [0.717, 1.165) is 11.3 Å². The van der Waals surface area contributed by atoms with Crippen LogP contribution in [0.4, 0.5) is 5.69 Å². The second-order valence-corrected chi connectivity index (χ2v) is 4.33. The zero-order valence-electron chi connectivity index (χ0n) is 9.31. The standard InChI is InChI=1S/C12H10IN3O2/c13-7-12(18)14-9-3-1-8(2-4-9)10-5-6-11(17)16-15-10/h1-6H,7H2,(H,14,18)(H,16,17). The van der Waals surface area contributed by atoms with Crippen LogP contribution in [0.15, 0.2) is 41.2 Å². The van der Waals surface area contributed by atoms with Crippen LogP contribution in [0.1, 0.15) is 0 Å². The lowest BCUT2D eigenvalue weighted by Crippen LogP contribution is -2.11. The summed E-state index contributed by atoms with van der Waals surface area (Å²) in [5, 5.41) is 9.06. The number of halogens is 1. The van der Waals surface area contributed by atoms with Gasteiger partial charge in [-0.3, -0.25) is 9.59 Å². The van der Waals surface area contributed by atoms with Crippen molar-refractivity contribution in [2.45, 2.75) is 0 Å². The number of amides is 1. The molecule has 0 saturated carbocycles. The Bertz CT molecular complexity index is 587. The Morgan fingerprint density at radius 2 is 1.94 bits per heavy atom. The van der Waals surface area contributed by atoms with Crippen LogP contribution in [0.2, 0.25) is 0 Å². The topological polar surface area (TPSA) is 74.8 Å². The van der Waals surface area contributed by atoms with Crippen LogP contribution in [0.3, 0.4) is 0 Å². The number of hydrogen-bond donors (Lipinski definition) is 2. The summed E-state index contributed by atoms with van der Waals surface area (Å²) in [5.74, 6) is -0.0366. The predicted molar refractivity (Wildman–Crippen MR) is 77.8 cm³/mol. The van der Waals surface area contributed by atoms with Crippen molar-refractivity contribution in [1.29, 1.82) is 0 Å². The molecular weight excluding hydrogens is 345 g/mol. The Kier molecular flexibility index (Phi) is 4.08. The van der Waals surface area contributed by atoms with Gasteiger partial charge in [0, 0.05) is 17.3 Å². The minimum atomic E-state index is -0.232. The normalized spacial score (nSPS) is 10.1. The van der Waals surface area contributed by atoms with E-state index in [2.05, 4.69) is 15.5 Å². The molecule has 1 amide bonds. The minimum absolute atomic E-state index is 0.0366. The van der Waals surface area contributed by atoms with E-state index >= 15 is 0 Å². The van der Waals surface area contributed by atoms with Crippen LogP contribution >= 0.6 is 22.6 Å². The number of rotatable bonds is 3. The monoisotopic (exact) mass is 355 g/mol. The lowest BCUT2D eigenvalue weighted by atomic mass is 10.1. The van der Waals surface area contributed by atoms with Gasteiger partial charge >= 0.3 is 0 Å². The number of carbonyl (C=O) groups excluding carboxylic acids is 1. The van der Waals surface area contributed by atoms with Crippen LogP contribution in [0.25, 0.3) is 11.3 Å². The van der Waals surface area contributed by atoms with Gasteiger partial charge < -0.3 is 5.32 Å². The second-order valence-electron chi connectivity index (χ2n) is 3.57. The SMILES string of the molecule is O=C(CI)Nc1ccc(-c2ccc(=O)[nH]n2)cc1. The van der Waals surface area contributed by atoms with Gasteiger partial charge in [0.05, 0.1) is 10.1 Å². The van der Waals surface area contributed by atoms with Crippen molar-refractivity contribution in [1.82, 2.24) is 10.2 Å². The lowest BCUT2D eigenvalue weighted by molar-refractivity contribution is -0.113. The first-order valence-electron chi connectivity index (χ1n) is 5.21. The van der Waals surface area contributed by atoms with Crippen molar-refractivity contribution in [2.75, 3.05) is 9.74 Å². The van der Waals surface area contributed by atoms with Crippen molar-refractivity contribution >= 4 is 34.2 Å². The van der Waals surface area contributed by atoms with Crippen molar-refractivity contribution in [2.24, 2.45) is 0 Å². The van der Waals surface area contributed by atoms with Gasteiger partial charge in [0.2, 0.25) is 5.91 Å². The molecule has 1 aromatic heterocycles. The molecule has 5 nitrogen and oxygen atoms in total. The first-order chi connectivity index (χ1) is 8.69. The van der Waals surface area contributed by atoms with E-state index in [-0.39, 0.29) is 11.5 Å². The first kappa shape index (κ1) is 12.7. The molecule has 92 valence electrons. The van der Waals surface area contributed by atoms with Crippen LogP contribution in [-0.4, -0.2) is 20.5 Å². The number of alkyl halides is 1. The molecule has 6 heteroatoms. The van der Waals surface area contributed by atoms with Crippen molar-refractivity contribution in [3.8, 4) is 11.3 Å². The van der Waals surface area contributed by atoms with Crippen LogP contribution < -0.4 is 10.9 Å². The molecule has 0 aliphatic heterocycles. The third-order valence-electron chi connectivity index (χ3n) is 2.26. The largest absolute Gasteiger partial charge is 0.325 e. The van der Waals surface area contributed by atoms with Gasteiger partial charge in [0.1, 0.15) is 0 Å². The molecule has 2 rings (SSSR count). The molecular formula is C12H10IN3O2. The third-order valence-corrected chi connectivity index (χ3v) is 2.96. The summed E-state index contributed by atoms with van der Waals surface area (Å²) < 4.78 is 0.418. The maximum Gasteiger partial charge on any atom is 0.264 e. The zero-order chi connectivity index (χ0) is 13.0. The number of H-pyrrole nitrogens is 1. The van der Waals surface area contributed by atoms with Gasteiger partial charge in [-0.1, -0.05) is 34.7 Å². The minimum Gasteiger partial charge on any atom is -0.325 e. The molecule has 0 fully saturated rings. The van der Waals surface area contributed by atoms with E-state index in [0.29, 0.717) is 10.1 Å². The first-order valence-corrected chi connectivity index (χ1v) is 6.73. The Balaban J connectivity index is 2.19. The Labute approximate surface area is 117 Å². The van der Waals surface area contributed by atoms with E-state index in [1.165, 1.54) is 6.07 Å². The highest BCUT2D eigenvalue weighted by Gasteiger charge is 2.02. The third kappa shape index (κ3) is 3.16. The fraction of sp³-hybridized carbons (Fsp3) is 0.0833. The Hall–Kier alpha value is -1.70. The van der Waals surface area contributed by atoms with Gasteiger partial charge in [0.25, 0.3) is 5.56 Å². The number of aromatic nitrogens is 2. The highest BCUT2D eigenvalue weighted by atomic mass is 127. The highest BCUT2D eigenvalue weighted by Crippen LogP contribution is 2.18. The van der Waals surface area contributed by atoms with Gasteiger partial charge in [-0.2, -0.15) is 5.10 Å². The van der Waals surface area contributed by atoms with Gasteiger partial charge in [-0.15, -0.1) is 0 Å². The van der Waals surface area contributed by atoms with Crippen LogP contribution in [0.5, 0.6) is 0 Å². The van der Waals surface area contributed by atoms with Crippen LogP contribution in [0, 0.1) is 0 Å². The van der Waals surface area contributed by atoms with E-state index in [9.17, 15) is 9.59 Å². The molecule has 0 bridgehead atoms. The molecule has 0 radical (unpaired) electrons. The average molecular weight is 355 g/mol. The highest BCUT2D eigenvalue weighted by molar-refractivity contribution is 14.1. The predicted octanol–water partition coefficient (Wildman–Crippen LogP) is 1.81. The smallest absolute Gasteiger partial charge is 0.264 e. The molecule has 0 aliphatic rings. The molecule has 18 heavy (non-hydrogen) atoms. The average Bonchev–Trinajstić information content (AvgIpc) is 2.40. The van der Waals surface area contributed by atoms with E-state index in [4.69, 9.17) is 0 Å². The zero-order valence-corrected chi connectivity index (χ0v) is 11.5. The summed E-state index contributed by atoms with van der Waals surface area (Å²) in [7, 11) is 0. The number of carbonyl (C=O) groups is 1. The number of nitrogens with zero attached hydrogens (tertiary/aromatic N) is 1. The fourth-order valence-corrected chi connectivity index (χ4v) is 1.61. The number of benzene rings is 1. The Morgan fingerprint density at radius 1 is 1.22 bits per heavy atom. The quantitative estimate of drug-likeness (QED) is 0.652. The van der Waals surface area contributed by atoms with E-state index in [1.807, 2.05) is 34.7 Å². The second kappa shape index (κ2) is 5.76. The summed E-state index contributed by atoms with van der Waals surface area (Å²) in [6, 6.07) is 10.3. The summed E-state index contributed by atoms with van der Waals surface area (Å²) in [6.45, 7) is 0. The van der Waals surface area contributed by atoms with E-state index < -0.39 is 0 Å². The maximum atomic E-state index is 11.2. The molecule has 1 heterocycles. The molecule has 2 aromatic rings. The fourth-order valence-electron chi connectivity index (χ4n) is 1.42. The lowest BCUT2D eigenvalue weighted by Gasteiger charge is -2.04. The van der Waals surface area contributed by atoms with Crippen molar-refractivity contribution < 1.29 is 4.79 Å². The Morgan fingerprint density at radius 3 is 2.50 bits per heavy atom. The molecule has 0 unspecified atom stereocenters. The molecule has 2 N–H and O–H groups in total. The van der Waals surface area contributed by atoms with E-state index in [1.54, 1.807) is 18.2 Å². The summed E-state index contributed by atoms with van der Waals surface area (Å²) >= 11 is 2.00. The molecule has 0 spiro atoms. The number of hydrogen-bond acceptors (Lipinski definition) is 3.